The Balaban J connectivity index is 1.81. The Morgan fingerprint density at radius 3 is 2.95 bits per heavy atom. The van der Waals surface area contributed by atoms with Crippen LogP contribution in [0, 0.1) is 0 Å². The number of rotatable bonds is 3. The number of anilines is 2. The SMILES string of the molecule is CC(Nc1nc(N)nc2nc[nH]c12)C(=O)N1CCCC1. The molecule has 0 aromatic carbocycles. The molecule has 0 aliphatic carbocycles. The molecule has 3 rings (SSSR count). The van der Waals surface area contributed by atoms with E-state index in [4.69, 9.17) is 5.73 Å². The smallest absolute Gasteiger partial charge is 0.244 e. The molecular formula is C12H17N7O. The third-order valence-electron chi connectivity index (χ3n) is 3.44. The van der Waals surface area contributed by atoms with Crippen molar-refractivity contribution in [1.82, 2.24) is 24.8 Å². The first kappa shape index (κ1) is 12.6. The van der Waals surface area contributed by atoms with E-state index in [0.717, 1.165) is 25.9 Å². The van der Waals surface area contributed by atoms with Crippen molar-refractivity contribution in [2.24, 2.45) is 0 Å². The number of carbonyl (C=O) groups excluding carboxylic acids is 1. The third-order valence-corrected chi connectivity index (χ3v) is 3.44. The van der Waals surface area contributed by atoms with Crippen molar-refractivity contribution in [2.75, 3.05) is 24.1 Å². The predicted molar refractivity (Wildman–Crippen MR) is 75.0 cm³/mol. The van der Waals surface area contributed by atoms with Gasteiger partial charge in [-0.15, -0.1) is 0 Å². The highest BCUT2D eigenvalue weighted by Gasteiger charge is 2.24. The summed E-state index contributed by atoms with van der Waals surface area (Å²) in [6, 6.07) is -0.367. The quantitative estimate of drug-likeness (QED) is 0.745. The first-order valence-corrected chi connectivity index (χ1v) is 6.67. The van der Waals surface area contributed by atoms with E-state index in [9.17, 15) is 4.79 Å². The van der Waals surface area contributed by atoms with Crippen molar-refractivity contribution in [3.63, 3.8) is 0 Å². The van der Waals surface area contributed by atoms with Crippen LogP contribution < -0.4 is 11.1 Å². The number of H-pyrrole nitrogens is 1. The van der Waals surface area contributed by atoms with Crippen LogP contribution in [0.2, 0.25) is 0 Å². The lowest BCUT2D eigenvalue weighted by Gasteiger charge is -2.21. The third kappa shape index (κ3) is 2.24. The van der Waals surface area contributed by atoms with Crippen LogP contribution in [0.15, 0.2) is 6.33 Å². The highest BCUT2D eigenvalue weighted by molar-refractivity contribution is 5.89. The number of nitrogens with two attached hydrogens (primary N) is 1. The summed E-state index contributed by atoms with van der Waals surface area (Å²) in [6.45, 7) is 3.48. The number of aromatic amines is 1. The summed E-state index contributed by atoms with van der Waals surface area (Å²) < 4.78 is 0. The van der Waals surface area contributed by atoms with Crippen molar-refractivity contribution in [1.29, 1.82) is 0 Å². The van der Waals surface area contributed by atoms with Gasteiger partial charge < -0.3 is 20.9 Å². The fraction of sp³-hybridized carbons (Fsp3) is 0.500. The summed E-state index contributed by atoms with van der Waals surface area (Å²) in [4.78, 5) is 29.3. The van der Waals surface area contributed by atoms with Crippen LogP contribution in [0.3, 0.4) is 0 Å². The molecular weight excluding hydrogens is 258 g/mol. The number of amides is 1. The minimum Gasteiger partial charge on any atom is -0.368 e. The molecule has 1 unspecified atom stereocenters. The minimum absolute atomic E-state index is 0.0762. The second-order valence-corrected chi connectivity index (χ2v) is 4.93. The first-order chi connectivity index (χ1) is 9.65. The average Bonchev–Trinajstić information content (AvgIpc) is 3.08. The lowest BCUT2D eigenvalue weighted by Crippen LogP contribution is -2.39. The fourth-order valence-electron chi connectivity index (χ4n) is 2.43. The molecule has 1 amide bonds. The average molecular weight is 275 g/mol. The number of imidazole rings is 1. The van der Waals surface area contributed by atoms with E-state index in [-0.39, 0.29) is 17.9 Å². The molecule has 0 spiro atoms. The zero-order valence-electron chi connectivity index (χ0n) is 11.3. The highest BCUT2D eigenvalue weighted by atomic mass is 16.2. The second kappa shape index (κ2) is 4.95. The Hall–Kier alpha value is -2.38. The molecule has 1 atom stereocenters. The molecule has 2 aromatic rings. The summed E-state index contributed by atoms with van der Waals surface area (Å²) >= 11 is 0. The minimum atomic E-state index is -0.367. The molecule has 1 saturated heterocycles. The summed E-state index contributed by atoms with van der Waals surface area (Å²) in [7, 11) is 0. The molecule has 20 heavy (non-hydrogen) atoms. The topological polar surface area (TPSA) is 113 Å². The molecule has 3 heterocycles. The highest BCUT2D eigenvalue weighted by Crippen LogP contribution is 2.19. The normalized spacial score (nSPS) is 16.6. The Bertz CT molecular complexity index is 632. The van der Waals surface area contributed by atoms with Gasteiger partial charge in [0.05, 0.1) is 6.33 Å². The molecule has 2 aromatic heterocycles. The number of nitrogens with zero attached hydrogens (tertiary/aromatic N) is 4. The van der Waals surface area contributed by atoms with Crippen LogP contribution in [-0.2, 0) is 4.79 Å². The summed E-state index contributed by atoms with van der Waals surface area (Å²) in [5.74, 6) is 0.713. The lowest BCUT2D eigenvalue weighted by molar-refractivity contribution is -0.130. The fourth-order valence-corrected chi connectivity index (χ4v) is 2.43. The molecule has 8 heteroatoms. The largest absolute Gasteiger partial charge is 0.368 e. The Morgan fingerprint density at radius 1 is 1.45 bits per heavy atom. The molecule has 0 bridgehead atoms. The maximum Gasteiger partial charge on any atom is 0.244 e. The predicted octanol–water partition coefficient (Wildman–Crippen LogP) is 0.358. The van der Waals surface area contributed by atoms with E-state index in [1.807, 2.05) is 11.8 Å². The number of likely N-dealkylation sites (tertiary alicyclic amines) is 1. The van der Waals surface area contributed by atoms with Gasteiger partial charge in [-0.1, -0.05) is 0 Å². The monoisotopic (exact) mass is 275 g/mol. The Labute approximate surface area is 115 Å². The zero-order chi connectivity index (χ0) is 14.1. The molecule has 1 aliphatic heterocycles. The summed E-state index contributed by atoms with van der Waals surface area (Å²) in [5.41, 5.74) is 6.79. The van der Waals surface area contributed by atoms with Gasteiger partial charge in [0.1, 0.15) is 11.6 Å². The van der Waals surface area contributed by atoms with Crippen molar-refractivity contribution in [3.8, 4) is 0 Å². The molecule has 1 aliphatic rings. The number of hydrogen-bond donors (Lipinski definition) is 3. The van der Waals surface area contributed by atoms with Crippen LogP contribution >= 0.6 is 0 Å². The van der Waals surface area contributed by atoms with Gasteiger partial charge in [-0.3, -0.25) is 4.79 Å². The zero-order valence-corrected chi connectivity index (χ0v) is 11.3. The number of carbonyl (C=O) groups is 1. The van der Waals surface area contributed by atoms with Gasteiger partial charge in [0.25, 0.3) is 0 Å². The van der Waals surface area contributed by atoms with E-state index < -0.39 is 0 Å². The molecule has 4 N–H and O–H groups in total. The van der Waals surface area contributed by atoms with Gasteiger partial charge >= 0.3 is 0 Å². The van der Waals surface area contributed by atoms with Crippen LogP contribution in [0.4, 0.5) is 11.8 Å². The van der Waals surface area contributed by atoms with E-state index in [0.29, 0.717) is 17.0 Å². The van der Waals surface area contributed by atoms with E-state index in [1.165, 1.54) is 6.33 Å². The molecule has 106 valence electrons. The molecule has 1 fully saturated rings. The van der Waals surface area contributed by atoms with Crippen molar-refractivity contribution in [2.45, 2.75) is 25.8 Å². The van der Waals surface area contributed by atoms with Gasteiger partial charge in [0, 0.05) is 13.1 Å². The van der Waals surface area contributed by atoms with Crippen molar-refractivity contribution >= 4 is 28.8 Å². The van der Waals surface area contributed by atoms with Crippen molar-refractivity contribution in [3.05, 3.63) is 6.33 Å². The van der Waals surface area contributed by atoms with Crippen LogP contribution in [-0.4, -0.2) is 49.9 Å². The van der Waals surface area contributed by atoms with Gasteiger partial charge in [0.15, 0.2) is 11.5 Å². The number of fused-ring (bicyclic) bond motifs is 1. The van der Waals surface area contributed by atoms with Crippen LogP contribution in [0.5, 0.6) is 0 Å². The van der Waals surface area contributed by atoms with Gasteiger partial charge in [-0.25, -0.2) is 4.98 Å². The van der Waals surface area contributed by atoms with Crippen LogP contribution in [0.25, 0.3) is 11.2 Å². The van der Waals surface area contributed by atoms with Crippen molar-refractivity contribution < 1.29 is 4.79 Å². The molecule has 0 radical (unpaired) electrons. The standard InChI is InChI=1S/C12H17N7O/c1-7(11(20)19-4-2-3-5-19)16-10-8-9(15-6-14-8)17-12(13)18-10/h6-7H,2-5H2,1H3,(H4,13,14,15,16,17,18). The maximum absolute atomic E-state index is 12.3. The summed E-state index contributed by atoms with van der Waals surface area (Å²) in [5, 5.41) is 3.09. The number of nitrogen functional groups attached to an aromatic ring is 1. The first-order valence-electron chi connectivity index (χ1n) is 6.67. The van der Waals surface area contributed by atoms with Gasteiger partial charge in [-0.05, 0) is 19.8 Å². The molecule has 8 nitrogen and oxygen atoms in total. The summed E-state index contributed by atoms with van der Waals surface area (Å²) in [6.07, 6.45) is 3.67. The van der Waals surface area contributed by atoms with E-state index in [2.05, 4.69) is 25.3 Å². The lowest BCUT2D eigenvalue weighted by atomic mass is 10.3. The number of aromatic nitrogens is 4. The Morgan fingerprint density at radius 2 is 2.20 bits per heavy atom. The number of hydrogen-bond acceptors (Lipinski definition) is 6. The maximum atomic E-state index is 12.3. The molecule has 0 saturated carbocycles. The van der Waals surface area contributed by atoms with Gasteiger partial charge in [0.2, 0.25) is 11.9 Å². The van der Waals surface area contributed by atoms with Crippen LogP contribution in [0.1, 0.15) is 19.8 Å². The number of nitrogens with one attached hydrogen (secondary N) is 2. The van der Waals surface area contributed by atoms with Gasteiger partial charge in [-0.2, -0.15) is 9.97 Å². The second-order valence-electron chi connectivity index (χ2n) is 4.93. The van der Waals surface area contributed by atoms with E-state index in [1.54, 1.807) is 0 Å². The van der Waals surface area contributed by atoms with E-state index >= 15 is 0 Å². The Kier molecular flexibility index (Phi) is 3.13.